The molecule has 1 amide bonds. The van der Waals surface area contributed by atoms with Crippen molar-refractivity contribution in [3.63, 3.8) is 0 Å². The number of amides is 1. The van der Waals surface area contributed by atoms with Crippen LogP contribution in [0.1, 0.15) is 29.5 Å². The molecule has 0 fully saturated rings. The Labute approximate surface area is 82.9 Å². The summed E-state index contributed by atoms with van der Waals surface area (Å²) in [5, 5.41) is 11.4. The summed E-state index contributed by atoms with van der Waals surface area (Å²) in [6, 6.07) is 1.66. The second-order valence-electron chi connectivity index (χ2n) is 3.33. The van der Waals surface area contributed by atoms with Crippen molar-refractivity contribution in [2.24, 2.45) is 0 Å². The summed E-state index contributed by atoms with van der Waals surface area (Å²) in [6.45, 7) is 3.71. The molecule has 1 rings (SSSR count). The van der Waals surface area contributed by atoms with Crippen LogP contribution in [0.25, 0.3) is 0 Å². The smallest absolute Gasteiger partial charge is 0.254 e. The number of aliphatic hydroxyl groups excluding tert-OH is 1. The first kappa shape index (κ1) is 10.8. The van der Waals surface area contributed by atoms with Crippen molar-refractivity contribution in [1.29, 1.82) is 0 Å². The molecule has 0 bridgehead atoms. The molecule has 1 aromatic heterocycles. The van der Waals surface area contributed by atoms with E-state index in [0.29, 0.717) is 17.7 Å². The van der Waals surface area contributed by atoms with Gasteiger partial charge in [-0.15, -0.1) is 0 Å². The zero-order chi connectivity index (χ0) is 10.6. The number of aliphatic hydroxyl groups is 1. The number of aryl methyl sites for hydroxylation is 1. The van der Waals surface area contributed by atoms with Crippen molar-refractivity contribution in [3.8, 4) is 0 Å². The van der Waals surface area contributed by atoms with Gasteiger partial charge in [0.05, 0.1) is 5.56 Å². The van der Waals surface area contributed by atoms with Gasteiger partial charge in [-0.05, 0) is 26.3 Å². The Hall–Kier alpha value is -1.29. The fourth-order valence-electron chi connectivity index (χ4n) is 1.14. The van der Waals surface area contributed by atoms with E-state index in [4.69, 9.17) is 9.52 Å². The average Bonchev–Trinajstić information content (AvgIpc) is 2.52. The first-order chi connectivity index (χ1) is 6.63. The maximum absolute atomic E-state index is 11.5. The topological polar surface area (TPSA) is 62.5 Å². The summed E-state index contributed by atoms with van der Waals surface area (Å²) >= 11 is 0. The summed E-state index contributed by atoms with van der Waals surface area (Å²) in [5.41, 5.74) is 0.521. The molecule has 14 heavy (non-hydrogen) atoms. The molecular weight excluding hydrogens is 182 g/mol. The third-order valence-corrected chi connectivity index (χ3v) is 1.93. The Morgan fingerprint density at radius 1 is 1.71 bits per heavy atom. The highest BCUT2D eigenvalue weighted by molar-refractivity contribution is 5.94. The van der Waals surface area contributed by atoms with Crippen molar-refractivity contribution in [2.75, 3.05) is 6.61 Å². The minimum Gasteiger partial charge on any atom is -0.469 e. The van der Waals surface area contributed by atoms with Crippen LogP contribution in [0.2, 0.25) is 0 Å². The van der Waals surface area contributed by atoms with E-state index >= 15 is 0 Å². The monoisotopic (exact) mass is 197 g/mol. The van der Waals surface area contributed by atoms with E-state index in [0.717, 1.165) is 0 Å². The molecular formula is C10H15NO3. The lowest BCUT2D eigenvalue weighted by atomic mass is 10.2. The molecule has 1 unspecified atom stereocenters. The van der Waals surface area contributed by atoms with Crippen LogP contribution in [0.5, 0.6) is 0 Å². The largest absolute Gasteiger partial charge is 0.469 e. The van der Waals surface area contributed by atoms with E-state index in [9.17, 15) is 4.79 Å². The highest BCUT2D eigenvalue weighted by Crippen LogP contribution is 2.06. The van der Waals surface area contributed by atoms with Gasteiger partial charge >= 0.3 is 0 Å². The quantitative estimate of drug-likeness (QED) is 0.759. The number of furan rings is 1. The maximum atomic E-state index is 11.5. The Kier molecular flexibility index (Phi) is 3.71. The van der Waals surface area contributed by atoms with E-state index in [1.165, 1.54) is 6.26 Å². The molecule has 78 valence electrons. The number of carbonyl (C=O) groups is 1. The predicted molar refractivity (Wildman–Crippen MR) is 52.1 cm³/mol. The average molecular weight is 197 g/mol. The van der Waals surface area contributed by atoms with Crippen molar-refractivity contribution >= 4 is 5.91 Å². The van der Waals surface area contributed by atoms with E-state index in [-0.39, 0.29) is 18.6 Å². The van der Waals surface area contributed by atoms with Gasteiger partial charge in [0, 0.05) is 12.6 Å². The fourth-order valence-corrected chi connectivity index (χ4v) is 1.14. The zero-order valence-corrected chi connectivity index (χ0v) is 8.41. The molecule has 4 nitrogen and oxygen atoms in total. The molecule has 0 aliphatic heterocycles. The highest BCUT2D eigenvalue weighted by atomic mass is 16.3. The number of hydrogen-bond donors (Lipinski definition) is 2. The molecule has 0 spiro atoms. The standard InChI is InChI=1S/C10H15NO3/c1-7(3-4-12)11-10(13)9-5-8(2)14-6-9/h5-7,12H,3-4H2,1-2H3,(H,11,13). The van der Waals surface area contributed by atoms with E-state index in [2.05, 4.69) is 5.32 Å². The van der Waals surface area contributed by atoms with Crippen LogP contribution >= 0.6 is 0 Å². The number of carbonyl (C=O) groups excluding carboxylic acids is 1. The van der Waals surface area contributed by atoms with Crippen molar-refractivity contribution in [1.82, 2.24) is 5.32 Å². The molecule has 1 atom stereocenters. The van der Waals surface area contributed by atoms with Crippen molar-refractivity contribution < 1.29 is 14.3 Å². The van der Waals surface area contributed by atoms with Gasteiger partial charge in [-0.1, -0.05) is 0 Å². The number of hydrogen-bond acceptors (Lipinski definition) is 3. The molecule has 0 saturated heterocycles. The Bertz CT molecular complexity index is 306. The lowest BCUT2D eigenvalue weighted by Crippen LogP contribution is -2.32. The Morgan fingerprint density at radius 3 is 2.93 bits per heavy atom. The van der Waals surface area contributed by atoms with Gasteiger partial charge in [-0.2, -0.15) is 0 Å². The molecule has 0 aliphatic rings. The van der Waals surface area contributed by atoms with E-state index < -0.39 is 0 Å². The number of nitrogens with one attached hydrogen (secondary N) is 1. The summed E-state index contributed by atoms with van der Waals surface area (Å²) in [5.74, 6) is 0.549. The van der Waals surface area contributed by atoms with Gasteiger partial charge in [0.2, 0.25) is 0 Å². The van der Waals surface area contributed by atoms with Gasteiger partial charge in [-0.25, -0.2) is 0 Å². The van der Waals surface area contributed by atoms with E-state index in [1.54, 1.807) is 13.0 Å². The third-order valence-electron chi connectivity index (χ3n) is 1.93. The number of rotatable bonds is 4. The molecule has 1 aromatic rings. The van der Waals surface area contributed by atoms with Crippen LogP contribution in [0.3, 0.4) is 0 Å². The van der Waals surface area contributed by atoms with Crippen LogP contribution in [0.15, 0.2) is 16.7 Å². The van der Waals surface area contributed by atoms with E-state index in [1.807, 2.05) is 6.92 Å². The minimum atomic E-state index is -0.164. The Balaban J connectivity index is 2.50. The molecule has 0 aromatic carbocycles. The van der Waals surface area contributed by atoms with Crippen LogP contribution in [0.4, 0.5) is 0 Å². The molecule has 0 saturated carbocycles. The lowest BCUT2D eigenvalue weighted by molar-refractivity contribution is 0.0934. The van der Waals surface area contributed by atoms with Crippen LogP contribution in [-0.2, 0) is 0 Å². The molecule has 1 heterocycles. The first-order valence-electron chi connectivity index (χ1n) is 4.60. The van der Waals surface area contributed by atoms with Crippen LogP contribution in [0, 0.1) is 6.92 Å². The molecule has 0 aliphatic carbocycles. The highest BCUT2D eigenvalue weighted by Gasteiger charge is 2.10. The summed E-state index contributed by atoms with van der Waals surface area (Å²) in [4.78, 5) is 11.5. The van der Waals surface area contributed by atoms with Crippen molar-refractivity contribution in [3.05, 3.63) is 23.7 Å². The molecule has 0 radical (unpaired) electrons. The van der Waals surface area contributed by atoms with Crippen molar-refractivity contribution in [2.45, 2.75) is 26.3 Å². The molecule has 4 heteroatoms. The molecule has 2 N–H and O–H groups in total. The third kappa shape index (κ3) is 2.88. The van der Waals surface area contributed by atoms with Crippen LogP contribution in [-0.4, -0.2) is 23.7 Å². The normalized spacial score (nSPS) is 12.5. The Morgan fingerprint density at radius 2 is 2.43 bits per heavy atom. The van der Waals surface area contributed by atoms with Gasteiger partial charge < -0.3 is 14.8 Å². The van der Waals surface area contributed by atoms with Crippen LogP contribution < -0.4 is 5.32 Å². The summed E-state index contributed by atoms with van der Waals surface area (Å²) in [7, 11) is 0. The minimum absolute atomic E-state index is 0.0253. The fraction of sp³-hybridized carbons (Fsp3) is 0.500. The summed E-state index contributed by atoms with van der Waals surface area (Å²) < 4.78 is 5.02. The van der Waals surface area contributed by atoms with Gasteiger partial charge in [0.25, 0.3) is 5.91 Å². The second-order valence-corrected chi connectivity index (χ2v) is 3.33. The zero-order valence-electron chi connectivity index (χ0n) is 8.41. The predicted octanol–water partition coefficient (Wildman–Crippen LogP) is 1.09. The lowest BCUT2D eigenvalue weighted by Gasteiger charge is -2.10. The second kappa shape index (κ2) is 4.81. The van der Waals surface area contributed by atoms with Gasteiger partial charge in [0.15, 0.2) is 0 Å². The summed E-state index contributed by atoms with van der Waals surface area (Å²) in [6.07, 6.45) is 1.99. The van der Waals surface area contributed by atoms with Gasteiger partial charge in [0.1, 0.15) is 12.0 Å². The van der Waals surface area contributed by atoms with Gasteiger partial charge in [-0.3, -0.25) is 4.79 Å². The SMILES string of the molecule is Cc1cc(C(=O)NC(C)CCO)co1. The maximum Gasteiger partial charge on any atom is 0.254 e. The first-order valence-corrected chi connectivity index (χ1v) is 4.60.